The molecule has 13 heavy (non-hydrogen) atoms. The highest BCUT2D eigenvalue weighted by atomic mass is 79.9. The van der Waals surface area contributed by atoms with Crippen molar-refractivity contribution in [2.45, 2.75) is 13.5 Å². The number of hydrogen-bond acceptors (Lipinski definition) is 1. The van der Waals surface area contributed by atoms with Crippen molar-refractivity contribution in [2.75, 3.05) is 0 Å². The smallest absolute Gasteiger partial charge is 0.290 e. The summed E-state index contributed by atoms with van der Waals surface area (Å²) in [5.41, 5.74) is 1.52. The number of nitrogens with zero attached hydrogens (tertiary/aromatic N) is 2. The van der Waals surface area contributed by atoms with Crippen LogP contribution in [0, 0.1) is 6.08 Å². The van der Waals surface area contributed by atoms with E-state index in [1.165, 1.54) is 0 Å². The van der Waals surface area contributed by atoms with E-state index in [2.05, 4.69) is 20.9 Å². The van der Waals surface area contributed by atoms with Gasteiger partial charge >= 0.3 is 0 Å². The van der Waals surface area contributed by atoms with Crippen LogP contribution in [0.5, 0.6) is 0 Å². The number of hydrogen-bond donors (Lipinski definition) is 0. The number of rotatable bonds is 1. The van der Waals surface area contributed by atoms with Crippen LogP contribution in [0.4, 0.5) is 4.39 Å². The van der Waals surface area contributed by atoms with Crippen molar-refractivity contribution >= 4 is 27.0 Å². The van der Waals surface area contributed by atoms with Crippen LogP contribution >= 0.6 is 15.9 Å². The second-order valence-electron chi connectivity index (χ2n) is 2.76. The highest BCUT2D eigenvalue weighted by Gasteiger charge is 2.07. The average Bonchev–Trinajstić information content (AvgIpc) is 2.40. The van der Waals surface area contributed by atoms with E-state index >= 15 is 0 Å². The molecular weight excluding hydrogens is 235 g/mol. The molecule has 0 saturated carbocycles. The Morgan fingerprint density at radius 1 is 1.54 bits per heavy atom. The van der Waals surface area contributed by atoms with Gasteiger partial charge in [0.2, 0.25) is 0 Å². The topological polar surface area (TPSA) is 17.8 Å². The fourth-order valence-electron chi connectivity index (χ4n) is 1.37. The third-order valence-electron chi connectivity index (χ3n) is 1.98. The molecule has 0 aliphatic carbocycles. The molecule has 1 aromatic carbocycles. The highest BCUT2D eigenvalue weighted by molar-refractivity contribution is 9.10. The standard InChI is InChI=1S/C9H8BrFN2/c1-2-13-8-5-6(10)3-4-7(8)12-9(13)11/h3-5H,2H2,1H3. The van der Waals surface area contributed by atoms with Crippen LogP contribution in [0.3, 0.4) is 0 Å². The molecule has 2 rings (SSSR count). The molecule has 68 valence electrons. The van der Waals surface area contributed by atoms with Gasteiger partial charge in [-0.05, 0) is 25.1 Å². The Bertz CT molecular complexity index is 450. The van der Waals surface area contributed by atoms with Crippen molar-refractivity contribution in [3.05, 3.63) is 28.7 Å². The molecule has 0 N–H and O–H groups in total. The Hall–Kier alpha value is -0.900. The zero-order valence-electron chi connectivity index (χ0n) is 7.09. The monoisotopic (exact) mass is 242 g/mol. The first kappa shape index (κ1) is 8.69. The molecule has 1 heterocycles. The second kappa shape index (κ2) is 3.10. The lowest BCUT2D eigenvalue weighted by Crippen LogP contribution is -1.97. The fraction of sp³-hybridized carbons (Fsp3) is 0.222. The van der Waals surface area contributed by atoms with Gasteiger partial charge < -0.3 is 4.57 Å². The van der Waals surface area contributed by atoms with Gasteiger partial charge in [0.05, 0.1) is 11.0 Å². The van der Waals surface area contributed by atoms with Gasteiger partial charge in [0, 0.05) is 11.0 Å². The third kappa shape index (κ3) is 1.35. The van der Waals surface area contributed by atoms with Gasteiger partial charge in [0.1, 0.15) is 0 Å². The number of aryl methyl sites for hydroxylation is 1. The molecule has 0 aliphatic rings. The minimum atomic E-state index is -0.421. The van der Waals surface area contributed by atoms with E-state index in [9.17, 15) is 4.39 Å². The molecule has 2 nitrogen and oxygen atoms in total. The Morgan fingerprint density at radius 2 is 2.31 bits per heavy atom. The van der Waals surface area contributed by atoms with Crippen LogP contribution in [0.25, 0.3) is 11.0 Å². The minimum absolute atomic E-state index is 0.421. The van der Waals surface area contributed by atoms with Crippen molar-refractivity contribution in [1.29, 1.82) is 0 Å². The normalized spacial score (nSPS) is 11.0. The Balaban J connectivity index is 2.80. The van der Waals surface area contributed by atoms with Crippen molar-refractivity contribution in [2.24, 2.45) is 0 Å². The zero-order chi connectivity index (χ0) is 9.42. The molecule has 0 amide bonds. The molecule has 0 spiro atoms. The van der Waals surface area contributed by atoms with E-state index in [1.807, 2.05) is 19.1 Å². The molecule has 2 aromatic rings. The van der Waals surface area contributed by atoms with E-state index in [0.29, 0.717) is 12.1 Å². The Morgan fingerprint density at radius 3 is 3.00 bits per heavy atom. The lowest BCUT2D eigenvalue weighted by atomic mass is 10.3. The lowest BCUT2D eigenvalue weighted by molar-refractivity contribution is 0.485. The number of fused-ring (bicyclic) bond motifs is 1. The van der Waals surface area contributed by atoms with Crippen molar-refractivity contribution < 1.29 is 4.39 Å². The van der Waals surface area contributed by atoms with E-state index in [1.54, 1.807) is 10.6 Å². The van der Waals surface area contributed by atoms with Crippen LogP contribution in [0.15, 0.2) is 22.7 Å². The molecule has 0 fully saturated rings. The van der Waals surface area contributed by atoms with Gasteiger partial charge in [0.15, 0.2) is 0 Å². The van der Waals surface area contributed by atoms with Crippen LogP contribution in [-0.2, 0) is 6.54 Å². The third-order valence-corrected chi connectivity index (χ3v) is 2.47. The van der Waals surface area contributed by atoms with Gasteiger partial charge in [0.25, 0.3) is 6.08 Å². The van der Waals surface area contributed by atoms with E-state index in [0.717, 1.165) is 9.99 Å². The van der Waals surface area contributed by atoms with Gasteiger partial charge in [-0.3, -0.25) is 0 Å². The van der Waals surface area contributed by atoms with Crippen LogP contribution in [0.1, 0.15) is 6.92 Å². The molecule has 4 heteroatoms. The molecular formula is C9H8BrFN2. The van der Waals surface area contributed by atoms with Gasteiger partial charge in [-0.2, -0.15) is 4.39 Å². The van der Waals surface area contributed by atoms with Crippen LogP contribution in [0.2, 0.25) is 0 Å². The molecule has 0 bridgehead atoms. The van der Waals surface area contributed by atoms with Crippen LogP contribution in [-0.4, -0.2) is 9.55 Å². The van der Waals surface area contributed by atoms with E-state index in [4.69, 9.17) is 0 Å². The summed E-state index contributed by atoms with van der Waals surface area (Å²) in [5.74, 6) is 0. The summed E-state index contributed by atoms with van der Waals surface area (Å²) in [6.45, 7) is 2.49. The predicted molar refractivity (Wildman–Crippen MR) is 53.1 cm³/mol. The molecule has 0 atom stereocenters. The van der Waals surface area contributed by atoms with Crippen molar-refractivity contribution in [1.82, 2.24) is 9.55 Å². The Kier molecular flexibility index (Phi) is 2.07. The number of aromatic nitrogens is 2. The number of imidazole rings is 1. The van der Waals surface area contributed by atoms with E-state index in [-0.39, 0.29) is 0 Å². The summed E-state index contributed by atoms with van der Waals surface area (Å²) in [5, 5.41) is 0. The Labute approximate surface area is 83.5 Å². The largest absolute Gasteiger partial charge is 0.300 e. The first-order valence-corrected chi connectivity index (χ1v) is 4.83. The summed E-state index contributed by atoms with van der Waals surface area (Å²) in [4.78, 5) is 3.80. The van der Waals surface area contributed by atoms with Crippen molar-refractivity contribution in [3.8, 4) is 0 Å². The average molecular weight is 243 g/mol. The first-order chi connectivity index (χ1) is 6.22. The first-order valence-electron chi connectivity index (χ1n) is 4.03. The van der Waals surface area contributed by atoms with Gasteiger partial charge in [-0.25, -0.2) is 4.98 Å². The van der Waals surface area contributed by atoms with Crippen LogP contribution < -0.4 is 0 Å². The summed E-state index contributed by atoms with van der Waals surface area (Å²) >= 11 is 3.34. The highest BCUT2D eigenvalue weighted by Crippen LogP contribution is 2.20. The molecule has 0 unspecified atom stereocenters. The molecule has 0 aliphatic heterocycles. The lowest BCUT2D eigenvalue weighted by Gasteiger charge is -1.98. The summed E-state index contributed by atoms with van der Waals surface area (Å²) in [6, 6.07) is 5.53. The SMILES string of the molecule is CCn1c(F)nc2ccc(Br)cc21. The van der Waals surface area contributed by atoms with Crippen molar-refractivity contribution in [3.63, 3.8) is 0 Å². The number of benzene rings is 1. The minimum Gasteiger partial charge on any atom is -0.300 e. The maximum atomic E-state index is 13.2. The molecule has 0 saturated heterocycles. The number of halogens is 2. The predicted octanol–water partition coefficient (Wildman–Crippen LogP) is 2.96. The van der Waals surface area contributed by atoms with Gasteiger partial charge in [-0.15, -0.1) is 0 Å². The summed E-state index contributed by atoms with van der Waals surface area (Å²) in [7, 11) is 0. The zero-order valence-corrected chi connectivity index (χ0v) is 8.68. The summed E-state index contributed by atoms with van der Waals surface area (Å²) in [6.07, 6.45) is -0.421. The fourth-order valence-corrected chi connectivity index (χ4v) is 1.72. The van der Waals surface area contributed by atoms with E-state index < -0.39 is 6.08 Å². The summed E-state index contributed by atoms with van der Waals surface area (Å²) < 4.78 is 15.7. The molecule has 1 aromatic heterocycles. The maximum absolute atomic E-state index is 13.2. The second-order valence-corrected chi connectivity index (χ2v) is 3.67. The molecule has 0 radical (unpaired) electrons. The van der Waals surface area contributed by atoms with Gasteiger partial charge in [-0.1, -0.05) is 15.9 Å². The quantitative estimate of drug-likeness (QED) is 0.752. The maximum Gasteiger partial charge on any atom is 0.290 e.